The van der Waals surface area contributed by atoms with E-state index in [0.717, 1.165) is 0 Å². The Labute approximate surface area is 129 Å². The largest absolute Gasteiger partial charge is 0.481 e. The highest BCUT2D eigenvalue weighted by Crippen LogP contribution is 2.35. The first-order valence-electron chi connectivity index (χ1n) is 6.50. The lowest BCUT2D eigenvalue weighted by Crippen LogP contribution is -2.31. The van der Waals surface area contributed by atoms with Crippen molar-refractivity contribution in [3.8, 4) is 5.75 Å². The molecule has 1 atom stereocenters. The molecule has 0 amide bonds. The molecule has 0 aliphatic carbocycles. The summed E-state index contributed by atoms with van der Waals surface area (Å²) in [6.45, 7) is 0.189. The van der Waals surface area contributed by atoms with Gasteiger partial charge >= 0.3 is 12.6 Å². The molecule has 21 heavy (non-hydrogen) atoms. The molecule has 1 heterocycles. The minimum absolute atomic E-state index is 0.108. The fourth-order valence-corrected chi connectivity index (χ4v) is 3.01. The number of ether oxygens (including phenoxy) is 1. The highest BCUT2D eigenvalue weighted by molar-refractivity contribution is 9.10. The minimum Gasteiger partial charge on any atom is -0.481 e. The monoisotopic (exact) mass is 363 g/mol. The van der Waals surface area contributed by atoms with Gasteiger partial charge in [-0.1, -0.05) is 12.1 Å². The van der Waals surface area contributed by atoms with E-state index in [-0.39, 0.29) is 5.75 Å². The van der Waals surface area contributed by atoms with Crippen LogP contribution in [0.1, 0.15) is 18.9 Å². The normalized spacial score (nSPS) is 22.7. The number of likely N-dealkylation sites (tertiary alicyclic amines) is 1. The molecule has 0 spiro atoms. The highest BCUT2D eigenvalue weighted by Gasteiger charge is 2.40. The van der Waals surface area contributed by atoms with Crippen LogP contribution in [-0.2, 0) is 11.3 Å². The molecule has 7 heteroatoms. The Morgan fingerprint density at radius 2 is 2.29 bits per heavy atom. The molecule has 1 aliphatic heterocycles. The van der Waals surface area contributed by atoms with Gasteiger partial charge in [0.2, 0.25) is 0 Å². The average Bonchev–Trinajstić information content (AvgIpc) is 2.76. The summed E-state index contributed by atoms with van der Waals surface area (Å²) in [6.07, 6.45) is 0.543. The van der Waals surface area contributed by atoms with E-state index in [1.54, 1.807) is 25.1 Å². The number of halogens is 3. The predicted octanol–water partition coefficient (Wildman–Crippen LogP) is 3.35. The van der Waals surface area contributed by atoms with Crippen LogP contribution in [0.5, 0.6) is 5.75 Å². The van der Waals surface area contributed by atoms with Gasteiger partial charge in [-0.15, -0.1) is 0 Å². The van der Waals surface area contributed by atoms with E-state index in [1.807, 2.05) is 4.90 Å². The lowest BCUT2D eigenvalue weighted by atomic mass is 9.90. The Bertz CT molecular complexity index is 541. The van der Waals surface area contributed by atoms with Gasteiger partial charge in [0.05, 0.1) is 9.89 Å². The van der Waals surface area contributed by atoms with Crippen molar-refractivity contribution < 1.29 is 23.4 Å². The number of hydrogen-bond donors (Lipinski definition) is 1. The fraction of sp³-hybridized carbons (Fsp3) is 0.500. The van der Waals surface area contributed by atoms with E-state index in [2.05, 4.69) is 20.7 Å². The van der Waals surface area contributed by atoms with Crippen LogP contribution in [0.3, 0.4) is 0 Å². The molecule has 1 saturated heterocycles. The molecule has 0 radical (unpaired) electrons. The number of nitrogens with zero attached hydrogens (tertiary/aromatic N) is 1. The molecule has 1 fully saturated rings. The van der Waals surface area contributed by atoms with Crippen molar-refractivity contribution in [1.29, 1.82) is 0 Å². The number of carboxylic acids is 1. The summed E-state index contributed by atoms with van der Waals surface area (Å²) < 4.78 is 30.0. The van der Waals surface area contributed by atoms with E-state index in [0.29, 0.717) is 36.1 Å². The van der Waals surface area contributed by atoms with Crippen LogP contribution < -0.4 is 4.74 Å². The van der Waals surface area contributed by atoms with Gasteiger partial charge in [0.15, 0.2) is 0 Å². The third-order valence-corrected chi connectivity index (χ3v) is 4.34. The third kappa shape index (κ3) is 3.71. The zero-order valence-corrected chi connectivity index (χ0v) is 13.1. The number of benzene rings is 1. The van der Waals surface area contributed by atoms with Crippen molar-refractivity contribution >= 4 is 21.9 Å². The van der Waals surface area contributed by atoms with Crippen molar-refractivity contribution in [2.45, 2.75) is 26.5 Å². The fourth-order valence-electron chi connectivity index (χ4n) is 2.51. The van der Waals surface area contributed by atoms with Crippen LogP contribution in [0.25, 0.3) is 0 Å². The number of aliphatic carboxylic acids is 1. The summed E-state index contributed by atoms with van der Waals surface area (Å²) in [4.78, 5) is 13.2. The SMILES string of the molecule is CC1(C(=O)O)CCN(Cc2cccc(Br)c2OC(F)F)C1. The Morgan fingerprint density at radius 1 is 1.57 bits per heavy atom. The topological polar surface area (TPSA) is 49.8 Å². The van der Waals surface area contributed by atoms with Gasteiger partial charge in [0.25, 0.3) is 0 Å². The van der Waals surface area contributed by atoms with Crippen molar-refractivity contribution in [3.05, 3.63) is 28.2 Å². The van der Waals surface area contributed by atoms with Crippen molar-refractivity contribution in [1.82, 2.24) is 4.90 Å². The summed E-state index contributed by atoms with van der Waals surface area (Å²) in [5.74, 6) is -0.722. The Hall–Kier alpha value is -1.21. The molecular weight excluding hydrogens is 348 g/mol. The Kier molecular flexibility index (Phi) is 4.83. The van der Waals surface area contributed by atoms with E-state index < -0.39 is 18.0 Å². The molecule has 116 valence electrons. The van der Waals surface area contributed by atoms with Crippen LogP contribution in [0, 0.1) is 5.41 Å². The number of rotatable bonds is 5. The van der Waals surface area contributed by atoms with Gasteiger partial charge in [0.1, 0.15) is 5.75 Å². The molecule has 0 bridgehead atoms. The average molecular weight is 364 g/mol. The maximum Gasteiger partial charge on any atom is 0.387 e. The summed E-state index contributed by atoms with van der Waals surface area (Å²) in [5.41, 5.74) is -0.172. The first kappa shape index (κ1) is 16.2. The quantitative estimate of drug-likeness (QED) is 0.871. The second kappa shape index (κ2) is 6.27. The summed E-state index contributed by atoms with van der Waals surface area (Å²) >= 11 is 3.20. The van der Waals surface area contributed by atoms with E-state index in [1.165, 1.54) is 0 Å². The molecule has 4 nitrogen and oxygen atoms in total. The highest BCUT2D eigenvalue weighted by atomic mass is 79.9. The summed E-state index contributed by atoms with van der Waals surface area (Å²) in [5, 5.41) is 9.22. The summed E-state index contributed by atoms with van der Waals surface area (Å²) in [7, 11) is 0. The standard InChI is InChI=1S/C14H16BrF2NO3/c1-14(12(19)20)5-6-18(8-14)7-9-3-2-4-10(15)11(9)21-13(16)17/h2-4,13H,5-8H2,1H3,(H,19,20). The maximum atomic E-state index is 12.5. The first-order chi connectivity index (χ1) is 9.82. The summed E-state index contributed by atoms with van der Waals surface area (Å²) in [6, 6.07) is 5.08. The molecule has 1 aliphatic rings. The Balaban J connectivity index is 2.14. The van der Waals surface area contributed by atoms with Crippen LogP contribution in [0.4, 0.5) is 8.78 Å². The van der Waals surface area contributed by atoms with Crippen molar-refractivity contribution in [2.75, 3.05) is 13.1 Å². The number of alkyl halides is 2. The van der Waals surface area contributed by atoms with E-state index in [9.17, 15) is 18.7 Å². The lowest BCUT2D eigenvalue weighted by molar-refractivity contribution is -0.147. The number of hydrogen-bond acceptors (Lipinski definition) is 3. The Morgan fingerprint density at radius 3 is 2.86 bits per heavy atom. The van der Waals surface area contributed by atoms with Crippen molar-refractivity contribution in [3.63, 3.8) is 0 Å². The molecule has 1 N–H and O–H groups in total. The van der Waals surface area contributed by atoms with Crippen LogP contribution in [0.2, 0.25) is 0 Å². The zero-order chi connectivity index (χ0) is 15.6. The number of para-hydroxylation sites is 1. The molecule has 0 aromatic heterocycles. The molecular formula is C14H16BrF2NO3. The zero-order valence-electron chi connectivity index (χ0n) is 11.5. The second-order valence-electron chi connectivity index (χ2n) is 5.43. The van der Waals surface area contributed by atoms with Gasteiger partial charge in [-0.05, 0) is 41.9 Å². The predicted molar refractivity (Wildman–Crippen MR) is 76.4 cm³/mol. The maximum absolute atomic E-state index is 12.5. The second-order valence-corrected chi connectivity index (χ2v) is 6.29. The first-order valence-corrected chi connectivity index (χ1v) is 7.29. The van der Waals surface area contributed by atoms with Gasteiger partial charge in [-0.25, -0.2) is 0 Å². The van der Waals surface area contributed by atoms with Crippen molar-refractivity contribution in [2.24, 2.45) is 5.41 Å². The van der Waals surface area contributed by atoms with E-state index >= 15 is 0 Å². The minimum atomic E-state index is -2.90. The molecule has 0 saturated carbocycles. The van der Waals surface area contributed by atoms with Crippen LogP contribution >= 0.6 is 15.9 Å². The smallest absolute Gasteiger partial charge is 0.387 e. The molecule has 1 aromatic rings. The number of carbonyl (C=O) groups is 1. The van der Waals surface area contributed by atoms with Gasteiger partial charge in [-0.2, -0.15) is 8.78 Å². The van der Waals surface area contributed by atoms with E-state index in [4.69, 9.17) is 0 Å². The van der Waals surface area contributed by atoms with Crippen LogP contribution in [-0.4, -0.2) is 35.7 Å². The molecule has 1 aromatic carbocycles. The van der Waals surface area contributed by atoms with Gasteiger partial charge in [0, 0.05) is 18.7 Å². The van der Waals surface area contributed by atoms with Crippen LogP contribution in [0.15, 0.2) is 22.7 Å². The van der Waals surface area contributed by atoms with Gasteiger partial charge < -0.3 is 9.84 Å². The lowest BCUT2D eigenvalue weighted by Gasteiger charge is -2.21. The number of carboxylic acid groups (broad SMARTS) is 1. The third-order valence-electron chi connectivity index (χ3n) is 3.72. The molecule has 2 rings (SSSR count). The molecule has 1 unspecified atom stereocenters. The van der Waals surface area contributed by atoms with Gasteiger partial charge in [-0.3, -0.25) is 9.69 Å².